The van der Waals surface area contributed by atoms with E-state index in [1.54, 1.807) is 0 Å². The lowest BCUT2D eigenvalue weighted by atomic mass is 9.78. The van der Waals surface area contributed by atoms with Crippen molar-refractivity contribution in [3.8, 4) is 11.1 Å². The first kappa shape index (κ1) is 21.3. The van der Waals surface area contributed by atoms with Crippen molar-refractivity contribution >= 4 is 17.3 Å². The Kier molecular flexibility index (Phi) is 6.05. The number of amides is 1. The van der Waals surface area contributed by atoms with Crippen molar-refractivity contribution in [2.24, 2.45) is 5.41 Å². The van der Waals surface area contributed by atoms with Crippen LogP contribution in [0.1, 0.15) is 32.6 Å². The molecule has 4 heterocycles. The van der Waals surface area contributed by atoms with Gasteiger partial charge in [-0.2, -0.15) is 0 Å². The van der Waals surface area contributed by atoms with E-state index in [1.807, 2.05) is 12.4 Å². The summed E-state index contributed by atoms with van der Waals surface area (Å²) in [4.78, 5) is 24.6. The Balaban J connectivity index is 1.39. The molecule has 3 fully saturated rings. The summed E-state index contributed by atoms with van der Waals surface area (Å²) < 4.78 is 0. The molecule has 0 saturated carbocycles. The topological polar surface area (TPSA) is 51.7 Å². The van der Waals surface area contributed by atoms with Gasteiger partial charge in [0.1, 0.15) is 0 Å². The van der Waals surface area contributed by atoms with E-state index in [9.17, 15) is 4.79 Å². The standard InChI is InChI=1S/C26H35N5O/c1-2-12-29-14-16-30(17-15-29)22-6-3-5-21(18-22)23-19-27-10-7-24(23)31-13-4-8-26(20-31)9-11-28-25(26)32/h3,5-7,10,18-19H,2,4,8-9,11-17,20H2,1H3,(H,28,32). The average Bonchev–Trinajstić information content (AvgIpc) is 3.18. The number of anilines is 2. The fraction of sp³-hybridized carbons (Fsp3) is 0.538. The van der Waals surface area contributed by atoms with Crippen LogP contribution in [0.15, 0.2) is 42.7 Å². The second-order valence-corrected chi connectivity index (χ2v) is 9.58. The first-order chi connectivity index (χ1) is 15.7. The Labute approximate surface area is 191 Å². The first-order valence-corrected chi connectivity index (χ1v) is 12.2. The molecule has 1 aromatic carbocycles. The van der Waals surface area contributed by atoms with E-state index in [-0.39, 0.29) is 11.3 Å². The van der Waals surface area contributed by atoms with Crippen LogP contribution in [-0.2, 0) is 4.79 Å². The van der Waals surface area contributed by atoms with E-state index in [4.69, 9.17) is 0 Å². The van der Waals surface area contributed by atoms with Gasteiger partial charge in [0.2, 0.25) is 5.91 Å². The summed E-state index contributed by atoms with van der Waals surface area (Å²) in [6.07, 6.45) is 8.09. The monoisotopic (exact) mass is 433 g/mol. The molecule has 1 aromatic heterocycles. The zero-order valence-corrected chi connectivity index (χ0v) is 19.2. The predicted molar refractivity (Wildman–Crippen MR) is 130 cm³/mol. The first-order valence-electron chi connectivity index (χ1n) is 12.2. The van der Waals surface area contributed by atoms with Gasteiger partial charge in [-0.15, -0.1) is 0 Å². The smallest absolute Gasteiger partial charge is 0.228 e. The van der Waals surface area contributed by atoms with E-state index in [1.165, 1.54) is 29.9 Å². The molecular weight excluding hydrogens is 398 g/mol. The Hall–Kier alpha value is -2.60. The number of carbonyl (C=O) groups is 1. The molecule has 1 atom stereocenters. The number of nitrogens with one attached hydrogen (secondary N) is 1. The minimum Gasteiger partial charge on any atom is -0.370 e. The number of aromatic nitrogens is 1. The maximum atomic E-state index is 12.6. The number of piperazine rings is 1. The minimum atomic E-state index is -0.223. The number of rotatable bonds is 5. The van der Waals surface area contributed by atoms with Crippen molar-refractivity contribution < 1.29 is 4.79 Å². The third-order valence-corrected chi connectivity index (χ3v) is 7.52. The molecule has 1 N–H and O–H groups in total. The van der Waals surface area contributed by atoms with Crippen LogP contribution < -0.4 is 15.1 Å². The van der Waals surface area contributed by atoms with E-state index in [0.29, 0.717) is 0 Å². The third kappa shape index (κ3) is 4.08. The van der Waals surface area contributed by atoms with Crippen molar-refractivity contribution in [1.82, 2.24) is 15.2 Å². The lowest BCUT2D eigenvalue weighted by Gasteiger charge is -2.40. The van der Waals surface area contributed by atoms with Gasteiger partial charge in [0, 0.05) is 75.1 Å². The number of benzene rings is 1. The quantitative estimate of drug-likeness (QED) is 0.783. The van der Waals surface area contributed by atoms with Gasteiger partial charge in [-0.05, 0) is 56.0 Å². The summed E-state index contributed by atoms with van der Waals surface area (Å²) in [5, 5.41) is 3.07. The molecule has 0 bridgehead atoms. The van der Waals surface area contributed by atoms with Crippen molar-refractivity contribution in [3.63, 3.8) is 0 Å². The Bertz CT molecular complexity index is 955. The van der Waals surface area contributed by atoms with Gasteiger partial charge in [0.05, 0.1) is 5.41 Å². The van der Waals surface area contributed by atoms with Gasteiger partial charge in [-0.1, -0.05) is 19.1 Å². The molecule has 3 aliphatic rings. The van der Waals surface area contributed by atoms with Crippen molar-refractivity contribution in [2.75, 3.05) is 62.2 Å². The fourth-order valence-electron chi connectivity index (χ4n) is 5.74. The molecule has 6 heteroatoms. The van der Waals surface area contributed by atoms with Crippen LogP contribution >= 0.6 is 0 Å². The summed E-state index contributed by atoms with van der Waals surface area (Å²) in [5.74, 6) is 0.238. The minimum absolute atomic E-state index is 0.223. The summed E-state index contributed by atoms with van der Waals surface area (Å²) in [6.45, 7) is 10.5. The molecule has 1 spiro atoms. The zero-order valence-electron chi connectivity index (χ0n) is 19.2. The largest absolute Gasteiger partial charge is 0.370 e. The van der Waals surface area contributed by atoms with Crippen LogP contribution in [0, 0.1) is 5.41 Å². The average molecular weight is 434 g/mol. The maximum Gasteiger partial charge on any atom is 0.228 e. The molecule has 3 aliphatic heterocycles. The molecule has 0 radical (unpaired) electrons. The number of pyridine rings is 1. The summed E-state index contributed by atoms with van der Waals surface area (Å²) in [5.41, 5.74) is 4.63. The van der Waals surface area contributed by atoms with Gasteiger partial charge >= 0.3 is 0 Å². The van der Waals surface area contributed by atoms with Gasteiger partial charge in [-0.3, -0.25) is 14.7 Å². The number of nitrogens with zero attached hydrogens (tertiary/aromatic N) is 4. The second-order valence-electron chi connectivity index (χ2n) is 9.58. The highest BCUT2D eigenvalue weighted by atomic mass is 16.2. The van der Waals surface area contributed by atoms with Gasteiger partial charge in [0.15, 0.2) is 0 Å². The molecule has 1 amide bonds. The van der Waals surface area contributed by atoms with Crippen LogP contribution in [0.4, 0.5) is 11.4 Å². The highest BCUT2D eigenvalue weighted by molar-refractivity contribution is 5.86. The number of piperidine rings is 1. The van der Waals surface area contributed by atoms with Gasteiger partial charge < -0.3 is 15.1 Å². The summed E-state index contributed by atoms with van der Waals surface area (Å²) in [7, 11) is 0. The molecule has 1 unspecified atom stereocenters. The van der Waals surface area contributed by atoms with E-state index in [0.717, 1.165) is 70.6 Å². The molecule has 3 saturated heterocycles. The van der Waals surface area contributed by atoms with Crippen LogP contribution in [0.3, 0.4) is 0 Å². The van der Waals surface area contributed by atoms with Crippen LogP contribution in [0.25, 0.3) is 11.1 Å². The highest BCUT2D eigenvalue weighted by Gasteiger charge is 2.45. The summed E-state index contributed by atoms with van der Waals surface area (Å²) >= 11 is 0. The van der Waals surface area contributed by atoms with Crippen LogP contribution in [0.5, 0.6) is 0 Å². The van der Waals surface area contributed by atoms with Gasteiger partial charge in [-0.25, -0.2) is 0 Å². The molecule has 2 aromatic rings. The normalized spacial score (nSPS) is 24.2. The Morgan fingerprint density at radius 2 is 1.94 bits per heavy atom. The highest BCUT2D eigenvalue weighted by Crippen LogP contribution is 2.41. The molecule has 5 rings (SSSR count). The van der Waals surface area contributed by atoms with Crippen LogP contribution in [0.2, 0.25) is 0 Å². The Morgan fingerprint density at radius 1 is 1.06 bits per heavy atom. The predicted octanol–water partition coefficient (Wildman–Crippen LogP) is 3.39. The molecular formula is C26H35N5O. The van der Waals surface area contributed by atoms with Gasteiger partial charge in [0.25, 0.3) is 0 Å². The molecule has 6 nitrogen and oxygen atoms in total. The number of hydrogen-bond donors (Lipinski definition) is 1. The number of hydrogen-bond acceptors (Lipinski definition) is 5. The third-order valence-electron chi connectivity index (χ3n) is 7.52. The molecule has 0 aliphatic carbocycles. The van der Waals surface area contributed by atoms with Crippen LogP contribution in [-0.4, -0.2) is 68.1 Å². The second kappa shape index (κ2) is 9.10. The molecule has 32 heavy (non-hydrogen) atoms. The SMILES string of the molecule is CCCN1CCN(c2cccc(-c3cnccc3N3CCCC4(CCNC4=O)C3)c2)CC1. The van der Waals surface area contributed by atoms with E-state index >= 15 is 0 Å². The lowest BCUT2D eigenvalue weighted by Crippen LogP contribution is -2.47. The molecule has 170 valence electrons. The van der Waals surface area contributed by atoms with E-state index in [2.05, 4.69) is 62.3 Å². The summed E-state index contributed by atoms with van der Waals surface area (Å²) in [6, 6.07) is 11.0. The van der Waals surface area contributed by atoms with Crippen molar-refractivity contribution in [1.29, 1.82) is 0 Å². The van der Waals surface area contributed by atoms with E-state index < -0.39 is 0 Å². The fourth-order valence-corrected chi connectivity index (χ4v) is 5.74. The number of carbonyl (C=O) groups excluding carboxylic acids is 1. The zero-order chi connectivity index (χ0) is 22.0. The van der Waals surface area contributed by atoms with Crippen molar-refractivity contribution in [3.05, 3.63) is 42.7 Å². The Morgan fingerprint density at radius 3 is 2.72 bits per heavy atom. The van der Waals surface area contributed by atoms with Crippen molar-refractivity contribution in [2.45, 2.75) is 32.6 Å². The maximum absolute atomic E-state index is 12.6. The lowest BCUT2D eigenvalue weighted by molar-refractivity contribution is -0.128.